The molecule has 0 aromatic rings. The Labute approximate surface area is 118 Å². The summed E-state index contributed by atoms with van der Waals surface area (Å²) < 4.78 is 17.0. The first-order valence-corrected chi connectivity index (χ1v) is 9.89. The van der Waals surface area contributed by atoms with E-state index in [9.17, 15) is 0 Å². The molecule has 104 valence electrons. The van der Waals surface area contributed by atoms with Gasteiger partial charge in [0.15, 0.2) is 0 Å². The maximum atomic E-state index is 5.75. The summed E-state index contributed by atoms with van der Waals surface area (Å²) in [5.41, 5.74) is 0. The Morgan fingerprint density at radius 2 is 1.76 bits per heavy atom. The van der Waals surface area contributed by atoms with E-state index in [2.05, 4.69) is 31.8 Å². The molecule has 0 saturated heterocycles. The standard InChI is InChI=1S/C11H26O3S2Si/c1-4-13-17(3,14-5-2)8-6-7-12-9-11(16)10-15/h11,15-16H,4-10H2,1-3H3. The van der Waals surface area contributed by atoms with E-state index < -0.39 is 8.56 Å². The van der Waals surface area contributed by atoms with Crippen LogP contribution in [-0.4, -0.2) is 46.0 Å². The van der Waals surface area contributed by atoms with Crippen molar-refractivity contribution in [1.29, 1.82) is 0 Å². The van der Waals surface area contributed by atoms with Crippen LogP contribution < -0.4 is 0 Å². The molecular formula is C11H26O3S2Si. The summed E-state index contributed by atoms with van der Waals surface area (Å²) in [6.07, 6.45) is 0.982. The van der Waals surface area contributed by atoms with Crippen molar-refractivity contribution in [3.8, 4) is 0 Å². The third-order valence-corrected chi connectivity index (χ3v) is 6.46. The molecule has 0 aliphatic heterocycles. The molecule has 0 rings (SSSR count). The highest BCUT2D eigenvalue weighted by molar-refractivity contribution is 7.84. The molecule has 0 amide bonds. The van der Waals surface area contributed by atoms with Crippen molar-refractivity contribution in [3.63, 3.8) is 0 Å². The van der Waals surface area contributed by atoms with Crippen LogP contribution >= 0.6 is 25.3 Å². The van der Waals surface area contributed by atoms with Crippen molar-refractivity contribution in [2.24, 2.45) is 0 Å². The van der Waals surface area contributed by atoms with Crippen LogP contribution in [0.5, 0.6) is 0 Å². The molecule has 0 N–H and O–H groups in total. The zero-order chi connectivity index (χ0) is 13.1. The summed E-state index contributed by atoms with van der Waals surface area (Å²) >= 11 is 8.47. The predicted octanol–water partition coefficient (Wildman–Crippen LogP) is 2.77. The normalized spacial score (nSPS) is 13.9. The average Bonchev–Trinajstić information content (AvgIpc) is 2.29. The van der Waals surface area contributed by atoms with Gasteiger partial charge in [-0.1, -0.05) is 0 Å². The molecule has 0 heterocycles. The zero-order valence-corrected chi connectivity index (χ0v) is 13.9. The van der Waals surface area contributed by atoms with Gasteiger partial charge in [-0.15, -0.1) is 0 Å². The minimum atomic E-state index is -1.95. The Morgan fingerprint density at radius 1 is 1.18 bits per heavy atom. The third-order valence-electron chi connectivity index (χ3n) is 2.34. The predicted molar refractivity (Wildman–Crippen MR) is 81.7 cm³/mol. The lowest BCUT2D eigenvalue weighted by molar-refractivity contribution is 0.133. The van der Waals surface area contributed by atoms with E-state index in [1.165, 1.54) is 0 Å². The van der Waals surface area contributed by atoms with Crippen molar-refractivity contribution >= 4 is 33.8 Å². The van der Waals surface area contributed by atoms with E-state index in [1.54, 1.807) is 0 Å². The molecule has 0 aliphatic rings. The molecule has 0 aliphatic carbocycles. The monoisotopic (exact) mass is 298 g/mol. The molecule has 0 bridgehead atoms. The first-order valence-electron chi connectivity index (χ1n) is 6.22. The molecule has 0 aromatic carbocycles. The Kier molecular flexibility index (Phi) is 11.2. The quantitative estimate of drug-likeness (QED) is 0.349. The third kappa shape index (κ3) is 9.38. The minimum Gasteiger partial charge on any atom is -0.395 e. The fraction of sp³-hybridized carbons (Fsp3) is 1.00. The number of hydrogen-bond donors (Lipinski definition) is 2. The van der Waals surface area contributed by atoms with E-state index in [0.717, 1.165) is 38.0 Å². The van der Waals surface area contributed by atoms with E-state index in [4.69, 9.17) is 13.6 Å². The van der Waals surface area contributed by atoms with Gasteiger partial charge < -0.3 is 13.6 Å². The number of rotatable bonds is 11. The van der Waals surface area contributed by atoms with Gasteiger partial charge in [-0.25, -0.2) is 0 Å². The van der Waals surface area contributed by atoms with Crippen LogP contribution in [-0.2, 0) is 13.6 Å². The van der Waals surface area contributed by atoms with Crippen molar-refractivity contribution < 1.29 is 13.6 Å². The van der Waals surface area contributed by atoms with Gasteiger partial charge in [0, 0.05) is 30.8 Å². The molecule has 0 saturated carbocycles. The van der Waals surface area contributed by atoms with Gasteiger partial charge in [0.2, 0.25) is 0 Å². The maximum absolute atomic E-state index is 5.75. The van der Waals surface area contributed by atoms with E-state index in [1.807, 2.05) is 13.8 Å². The van der Waals surface area contributed by atoms with Gasteiger partial charge in [0.1, 0.15) is 0 Å². The molecule has 0 spiro atoms. The number of thiol groups is 2. The first-order chi connectivity index (χ1) is 8.08. The summed E-state index contributed by atoms with van der Waals surface area (Å²) in [7, 11) is -1.95. The lowest BCUT2D eigenvalue weighted by atomic mass is 10.5. The summed E-state index contributed by atoms with van der Waals surface area (Å²) in [5, 5.41) is 0.223. The van der Waals surface area contributed by atoms with Crippen molar-refractivity contribution in [2.45, 2.75) is 38.1 Å². The zero-order valence-electron chi connectivity index (χ0n) is 11.1. The second-order valence-electron chi connectivity index (χ2n) is 4.01. The molecule has 6 heteroatoms. The second-order valence-corrected chi connectivity index (χ2v) is 8.46. The summed E-state index contributed by atoms with van der Waals surface area (Å²) in [6, 6.07) is 0.979. The Hall–Kier alpha value is 0.797. The fourth-order valence-electron chi connectivity index (χ4n) is 1.56. The topological polar surface area (TPSA) is 27.7 Å². The SMILES string of the molecule is CCO[Si](C)(CCCOCC(S)CS)OCC. The highest BCUT2D eigenvalue weighted by Crippen LogP contribution is 2.16. The number of hydrogen-bond acceptors (Lipinski definition) is 5. The van der Waals surface area contributed by atoms with Crippen LogP contribution in [0.2, 0.25) is 12.6 Å². The summed E-state index contributed by atoms with van der Waals surface area (Å²) in [6.45, 7) is 9.00. The largest absolute Gasteiger partial charge is 0.395 e. The van der Waals surface area contributed by atoms with Crippen LogP contribution in [0.4, 0.5) is 0 Å². The molecule has 1 atom stereocenters. The minimum absolute atomic E-state index is 0.223. The maximum Gasteiger partial charge on any atom is 0.334 e. The fourth-order valence-corrected chi connectivity index (χ4v) is 4.15. The average molecular weight is 299 g/mol. The molecule has 0 radical (unpaired) electrons. The Bertz CT molecular complexity index is 178. The molecule has 3 nitrogen and oxygen atoms in total. The van der Waals surface area contributed by atoms with Gasteiger partial charge in [-0.3, -0.25) is 0 Å². The smallest absolute Gasteiger partial charge is 0.334 e. The number of ether oxygens (including phenoxy) is 1. The van der Waals surface area contributed by atoms with Crippen molar-refractivity contribution in [1.82, 2.24) is 0 Å². The van der Waals surface area contributed by atoms with Gasteiger partial charge >= 0.3 is 8.56 Å². The molecule has 17 heavy (non-hydrogen) atoms. The van der Waals surface area contributed by atoms with Gasteiger partial charge in [0.25, 0.3) is 0 Å². The molecular weight excluding hydrogens is 272 g/mol. The van der Waals surface area contributed by atoms with E-state index in [-0.39, 0.29) is 5.25 Å². The van der Waals surface area contributed by atoms with E-state index >= 15 is 0 Å². The molecule has 0 fully saturated rings. The highest BCUT2D eigenvalue weighted by Gasteiger charge is 2.29. The summed E-state index contributed by atoms with van der Waals surface area (Å²) in [5.74, 6) is 0.744. The van der Waals surface area contributed by atoms with Gasteiger partial charge in [-0.05, 0) is 32.9 Å². The Morgan fingerprint density at radius 3 is 2.24 bits per heavy atom. The van der Waals surface area contributed by atoms with E-state index in [0.29, 0.717) is 6.61 Å². The van der Waals surface area contributed by atoms with Crippen molar-refractivity contribution in [3.05, 3.63) is 0 Å². The lowest BCUT2D eigenvalue weighted by Gasteiger charge is -2.25. The first kappa shape index (κ1) is 17.8. The lowest BCUT2D eigenvalue weighted by Crippen LogP contribution is -2.38. The van der Waals surface area contributed by atoms with Crippen molar-refractivity contribution in [2.75, 3.05) is 32.2 Å². The van der Waals surface area contributed by atoms with Gasteiger partial charge in [-0.2, -0.15) is 25.3 Å². The van der Waals surface area contributed by atoms with Crippen LogP contribution in [0.25, 0.3) is 0 Å². The van der Waals surface area contributed by atoms with Crippen LogP contribution in [0.3, 0.4) is 0 Å². The molecule has 0 aromatic heterocycles. The van der Waals surface area contributed by atoms with Crippen LogP contribution in [0, 0.1) is 0 Å². The summed E-state index contributed by atoms with van der Waals surface area (Å²) in [4.78, 5) is 0. The highest BCUT2D eigenvalue weighted by atomic mass is 32.1. The molecule has 1 unspecified atom stereocenters. The second kappa shape index (κ2) is 10.7. The van der Waals surface area contributed by atoms with Gasteiger partial charge in [0.05, 0.1) is 6.61 Å². The Balaban J connectivity index is 3.67. The van der Waals surface area contributed by atoms with Crippen LogP contribution in [0.15, 0.2) is 0 Å². The van der Waals surface area contributed by atoms with Crippen LogP contribution in [0.1, 0.15) is 20.3 Å².